The average Bonchev–Trinajstić information content (AvgIpc) is 3.25. The molecule has 22 heavy (non-hydrogen) atoms. The smallest absolute Gasteiger partial charge is 0.125 e. The molecule has 5 nitrogen and oxygen atoms in total. The van der Waals surface area contributed by atoms with Crippen molar-refractivity contribution in [1.82, 2.24) is 14.9 Å². The molecule has 0 bridgehead atoms. The van der Waals surface area contributed by atoms with E-state index in [1.807, 2.05) is 36.0 Å². The van der Waals surface area contributed by atoms with E-state index in [4.69, 9.17) is 4.74 Å². The summed E-state index contributed by atoms with van der Waals surface area (Å²) in [6.07, 6.45) is 4.09. The summed E-state index contributed by atoms with van der Waals surface area (Å²) in [5, 5.41) is 6.68. The Morgan fingerprint density at radius 2 is 2.27 bits per heavy atom. The topological polar surface area (TPSA) is 50.3 Å². The second-order valence-electron chi connectivity index (χ2n) is 6.01. The lowest BCUT2D eigenvalue weighted by molar-refractivity contribution is 0.0946. The van der Waals surface area contributed by atoms with E-state index < -0.39 is 0 Å². The van der Waals surface area contributed by atoms with Crippen molar-refractivity contribution < 1.29 is 4.74 Å². The van der Waals surface area contributed by atoms with Gasteiger partial charge in [-0.15, -0.1) is 11.3 Å². The lowest BCUT2D eigenvalue weighted by atomic mass is 9.93. The van der Waals surface area contributed by atoms with Crippen molar-refractivity contribution in [3.05, 3.63) is 41.0 Å². The van der Waals surface area contributed by atoms with Crippen LogP contribution in [-0.4, -0.2) is 47.2 Å². The highest BCUT2D eigenvalue weighted by atomic mass is 32.1. The molecule has 0 unspecified atom stereocenters. The Morgan fingerprint density at radius 3 is 3.09 bits per heavy atom. The van der Waals surface area contributed by atoms with Crippen molar-refractivity contribution >= 4 is 17.2 Å². The van der Waals surface area contributed by atoms with E-state index in [0.29, 0.717) is 17.9 Å². The Balaban J connectivity index is 1.32. The van der Waals surface area contributed by atoms with Gasteiger partial charge in [0.15, 0.2) is 0 Å². The zero-order valence-electron chi connectivity index (χ0n) is 12.4. The number of anilines is 1. The molecule has 116 valence electrons. The molecule has 4 rings (SSSR count). The van der Waals surface area contributed by atoms with Gasteiger partial charge in [-0.25, -0.2) is 9.97 Å². The van der Waals surface area contributed by atoms with Crippen LogP contribution in [0.5, 0.6) is 0 Å². The van der Waals surface area contributed by atoms with E-state index in [1.54, 1.807) is 11.3 Å². The number of aromatic nitrogens is 2. The quantitative estimate of drug-likeness (QED) is 0.915. The third-order valence-corrected chi connectivity index (χ3v) is 5.33. The molecule has 2 fully saturated rings. The van der Waals surface area contributed by atoms with Gasteiger partial charge in [0.25, 0.3) is 0 Å². The van der Waals surface area contributed by atoms with Crippen LogP contribution >= 0.6 is 11.3 Å². The number of pyridine rings is 1. The summed E-state index contributed by atoms with van der Waals surface area (Å²) in [5.74, 6) is 2.13. The zero-order chi connectivity index (χ0) is 14.8. The molecule has 6 heteroatoms. The first-order valence-corrected chi connectivity index (χ1v) is 8.63. The first-order chi connectivity index (χ1) is 10.9. The van der Waals surface area contributed by atoms with Crippen molar-refractivity contribution in [2.45, 2.75) is 12.6 Å². The van der Waals surface area contributed by atoms with Crippen LogP contribution in [0.4, 0.5) is 5.82 Å². The largest absolute Gasteiger partial charge is 0.376 e. The van der Waals surface area contributed by atoms with Crippen LogP contribution in [0, 0.1) is 11.8 Å². The maximum atomic E-state index is 6.01. The van der Waals surface area contributed by atoms with Crippen LogP contribution < -0.4 is 5.32 Å². The van der Waals surface area contributed by atoms with Crippen molar-refractivity contribution in [1.29, 1.82) is 0 Å². The molecule has 0 aromatic carbocycles. The summed E-state index contributed by atoms with van der Waals surface area (Å²) in [5.41, 5.74) is 0. The Morgan fingerprint density at radius 1 is 1.27 bits per heavy atom. The molecule has 0 amide bonds. The number of fused-ring (bicyclic) bond motifs is 1. The van der Waals surface area contributed by atoms with Crippen molar-refractivity contribution in [3.8, 4) is 0 Å². The normalized spacial score (nSPS) is 27.9. The fourth-order valence-electron chi connectivity index (χ4n) is 3.44. The molecule has 0 spiro atoms. The minimum Gasteiger partial charge on any atom is -0.376 e. The van der Waals surface area contributed by atoms with Crippen LogP contribution in [-0.2, 0) is 11.3 Å². The molecule has 3 atom stereocenters. The molecule has 4 heterocycles. The minimum atomic E-state index is 0.385. The molecule has 2 aliphatic heterocycles. The van der Waals surface area contributed by atoms with Crippen LogP contribution in [0.1, 0.15) is 5.01 Å². The molecule has 2 aromatic heterocycles. The molecule has 0 saturated carbocycles. The molecule has 2 aromatic rings. The second kappa shape index (κ2) is 6.32. The first kappa shape index (κ1) is 14.1. The summed E-state index contributed by atoms with van der Waals surface area (Å²) in [6.45, 7) is 4.89. The summed E-state index contributed by atoms with van der Waals surface area (Å²) in [4.78, 5) is 11.2. The average molecular weight is 316 g/mol. The van der Waals surface area contributed by atoms with E-state index >= 15 is 0 Å². The molecular weight excluding hydrogens is 296 g/mol. The van der Waals surface area contributed by atoms with E-state index in [1.165, 1.54) is 5.01 Å². The van der Waals surface area contributed by atoms with Gasteiger partial charge in [-0.3, -0.25) is 4.90 Å². The number of nitrogens with one attached hydrogen (secondary N) is 1. The SMILES string of the molecule is c1ccc(NC[C@H]2CO[C@H]3CN(Cc4nccs4)C[C@@H]23)nc1. The highest BCUT2D eigenvalue weighted by molar-refractivity contribution is 7.09. The van der Waals surface area contributed by atoms with Crippen molar-refractivity contribution in [2.24, 2.45) is 11.8 Å². The van der Waals surface area contributed by atoms with E-state index in [0.717, 1.165) is 38.6 Å². The molecule has 2 aliphatic rings. The maximum absolute atomic E-state index is 6.01. The number of ether oxygens (including phenoxy) is 1. The molecule has 0 radical (unpaired) electrons. The lowest BCUT2D eigenvalue weighted by Gasteiger charge is -2.19. The fraction of sp³-hybridized carbons (Fsp3) is 0.500. The molecular formula is C16H20N4OS. The van der Waals surface area contributed by atoms with Crippen molar-refractivity contribution in [2.75, 3.05) is 31.6 Å². The lowest BCUT2D eigenvalue weighted by Crippen LogP contribution is -2.27. The number of nitrogens with zero attached hydrogens (tertiary/aromatic N) is 3. The van der Waals surface area contributed by atoms with Gasteiger partial charge in [0.1, 0.15) is 10.8 Å². The Hall–Kier alpha value is -1.50. The molecule has 1 N–H and O–H groups in total. The Labute approximate surface area is 134 Å². The summed E-state index contributed by atoms with van der Waals surface area (Å²) < 4.78 is 6.01. The highest BCUT2D eigenvalue weighted by Gasteiger charge is 2.43. The zero-order valence-corrected chi connectivity index (χ0v) is 13.2. The third-order valence-electron chi connectivity index (χ3n) is 4.57. The van der Waals surface area contributed by atoms with E-state index in [9.17, 15) is 0 Å². The second-order valence-corrected chi connectivity index (χ2v) is 6.99. The maximum Gasteiger partial charge on any atom is 0.125 e. The van der Waals surface area contributed by atoms with Crippen LogP contribution in [0.15, 0.2) is 36.0 Å². The predicted octanol–water partition coefficient (Wildman–Crippen LogP) is 2.10. The number of rotatable bonds is 5. The summed E-state index contributed by atoms with van der Waals surface area (Å²) in [6, 6.07) is 5.96. The number of hydrogen-bond donors (Lipinski definition) is 1. The van der Waals surface area contributed by atoms with Gasteiger partial charge in [-0.05, 0) is 12.1 Å². The van der Waals surface area contributed by atoms with Gasteiger partial charge in [0, 0.05) is 49.2 Å². The standard InChI is InChI=1S/C16H20N4OS/c1-2-4-17-15(3-1)19-7-12-11-21-14-9-20(8-13(12)14)10-16-18-5-6-22-16/h1-6,12-14H,7-11H2,(H,17,19)/t12-,13-,14-/m0/s1. The summed E-state index contributed by atoms with van der Waals surface area (Å²) in [7, 11) is 0. The van der Waals surface area contributed by atoms with Gasteiger partial charge in [-0.2, -0.15) is 0 Å². The van der Waals surface area contributed by atoms with Gasteiger partial charge in [0.2, 0.25) is 0 Å². The summed E-state index contributed by atoms with van der Waals surface area (Å²) >= 11 is 1.73. The van der Waals surface area contributed by atoms with Crippen molar-refractivity contribution in [3.63, 3.8) is 0 Å². The minimum absolute atomic E-state index is 0.385. The number of thiazole rings is 1. The van der Waals surface area contributed by atoms with Gasteiger partial charge in [0.05, 0.1) is 19.3 Å². The predicted molar refractivity (Wildman–Crippen MR) is 86.8 cm³/mol. The van der Waals surface area contributed by atoms with Crippen LogP contribution in [0.2, 0.25) is 0 Å². The fourth-order valence-corrected chi connectivity index (χ4v) is 4.10. The third kappa shape index (κ3) is 2.99. The van der Waals surface area contributed by atoms with Gasteiger partial charge < -0.3 is 10.1 Å². The van der Waals surface area contributed by atoms with Gasteiger partial charge in [-0.1, -0.05) is 6.07 Å². The Kier molecular flexibility index (Phi) is 4.05. The monoisotopic (exact) mass is 316 g/mol. The number of hydrogen-bond acceptors (Lipinski definition) is 6. The highest BCUT2D eigenvalue weighted by Crippen LogP contribution is 2.34. The van der Waals surface area contributed by atoms with Crippen LogP contribution in [0.3, 0.4) is 0 Å². The molecule has 0 aliphatic carbocycles. The van der Waals surface area contributed by atoms with E-state index in [2.05, 4.69) is 20.2 Å². The van der Waals surface area contributed by atoms with Crippen LogP contribution in [0.25, 0.3) is 0 Å². The molecule has 2 saturated heterocycles. The van der Waals surface area contributed by atoms with E-state index in [-0.39, 0.29) is 0 Å². The van der Waals surface area contributed by atoms with Gasteiger partial charge >= 0.3 is 0 Å². The number of likely N-dealkylation sites (tertiary alicyclic amines) is 1. The Bertz CT molecular complexity index is 591. The first-order valence-electron chi connectivity index (χ1n) is 7.76.